The molecule has 8 heteroatoms. The molecule has 0 saturated carbocycles. The van der Waals surface area contributed by atoms with Crippen LogP contribution in [0.15, 0.2) is 67.3 Å². The lowest BCUT2D eigenvalue weighted by Crippen LogP contribution is -2.40. The Morgan fingerprint density at radius 3 is 2.45 bits per heavy atom. The van der Waals surface area contributed by atoms with E-state index >= 15 is 0 Å². The average Bonchev–Trinajstić information content (AvgIpc) is 3.31. The first-order valence-corrected chi connectivity index (χ1v) is 9.91. The third kappa shape index (κ3) is 4.32. The van der Waals surface area contributed by atoms with E-state index in [1.165, 1.54) is 4.90 Å². The number of rotatable bonds is 6. The molecule has 4 amide bonds. The Kier molecular flexibility index (Phi) is 5.29. The van der Waals surface area contributed by atoms with Gasteiger partial charge in [-0.1, -0.05) is 30.3 Å². The van der Waals surface area contributed by atoms with Gasteiger partial charge in [0, 0.05) is 30.2 Å². The number of carbonyl (C=O) groups excluding carboxylic acids is 3. The van der Waals surface area contributed by atoms with E-state index in [-0.39, 0.29) is 18.4 Å². The highest BCUT2D eigenvalue weighted by Gasteiger charge is 2.44. The topological polar surface area (TPSA) is 96.3 Å². The molecule has 1 aliphatic rings. The number of urea groups is 1. The van der Waals surface area contributed by atoms with Crippen LogP contribution in [0.4, 0.5) is 10.5 Å². The second-order valence-electron chi connectivity index (χ2n) is 7.99. The van der Waals surface area contributed by atoms with Crippen molar-refractivity contribution in [2.24, 2.45) is 0 Å². The highest BCUT2D eigenvalue weighted by atomic mass is 16.2. The van der Waals surface area contributed by atoms with E-state index in [1.54, 1.807) is 56.7 Å². The smallest absolute Gasteiger partial charge is 0.325 e. The first-order chi connectivity index (χ1) is 14.8. The van der Waals surface area contributed by atoms with Gasteiger partial charge in [0.25, 0.3) is 11.8 Å². The number of imidazole rings is 1. The standard InChI is InChI=1S/C23H23N5O3/c1-23(2)21(30)28(22(31)26-23)13-16-7-9-18(10-8-16)25-20(29)19-6-4-3-5-17(19)14-27-12-11-24-15-27/h3-12,15H,13-14H2,1-2H3,(H,25,29)(H,26,31). The second kappa shape index (κ2) is 8.06. The van der Waals surface area contributed by atoms with Crippen LogP contribution in [-0.2, 0) is 17.9 Å². The molecular weight excluding hydrogens is 394 g/mol. The fraction of sp³-hybridized carbons (Fsp3) is 0.217. The molecule has 0 radical (unpaired) electrons. The molecule has 2 heterocycles. The Morgan fingerprint density at radius 1 is 1.06 bits per heavy atom. The van der Waals surface area contributed by atoms with Gasteiger partial charge in [-0.25, -0.2) is 9.78 Å². The van der Waals surface area contributed by atoms with Crippen molar-refractivity contribution in [2.45, 2.75) is 32.5 Å². The van der Waals surface area contributed by atoms with Gasteiger partial charge in [-0.05, 0) is 43.2 Å². The zero-order chi connectivity index (χ0) is 22.0. The molecule has 8 nitrogen and oxygen atoms in total. The van der Waals surface area contributed by atoms with Crippen molar-refractivity contribution >= 4 is 23.5 Å². The number of amides is 4. The van der Waals surface area contributed by atoms with Crippen molar-refractivity contribution in [3.8, 4) is 0 Å². The molecule has 1 aliphatic heterocycles. The lowest BCUT2D eigenvalue weighted by Gasteiger charge is -2.16. The average molecular weight is 417 g/mol. The minimum atomic E-state index is -0.894. The number of aromatic nitrogens is 2. The molecule has 1 aromatic heterocycles. The van der Waals surface area contributed by atoms with Gasteiger partial charge in [0.15, 0.2) is 0 Å². The van der Waals surface area contributed by atoms with Crippen LogP contribution in [0.2, 0.25) is 0 Å². The number of hydrogen-bond donors (Lipinski definition) is 2. The minimum Gasteiger partial charge on any atom is -0.333 e. The summed E-state index contributed by atoms with van der Waals surface area (Å²) >= 11 is 0. The van der Waals surface area contributed by atoms with Crippen LogP contribution in [0, 0.1) is 0 Å². The normalized spacial score (nSPS) is 15.1. The van der Waals surface area contributed by atoms with Gasteiger partial charge in [0.05, 0.1) is 12.9 Å². The molecule has 2 N–H and O–H groups in total. The summed E-state index contributed by atoms with van der Waals surface area (Å²) in [7, 11) is 0. The zero-order valence-electron chi connectivity index (χ0n) is 17.3. The summed E-state index contributed by atoms with van der Waals surface area (Å²) in [5, 5.41) is 5.57. The quantitative estimate of drug-likeness (QED) is 0.603. The molecule has 0 atom stereocenters. The van der Waals surface area contributed by atoms with Gasteiger partial charge in [-0.15, -0.1) is 0 Å². The van der Waals surface area contributed by atoms with E-state index < -0.39 is 11.6 Å². The number of benzene rings is 2. The van der Waals surface area contributed by atoms with Gasteiger partial charge in [0.1, 0.15) is 5.54 Å². The number of anilines is 1. The van der Waals surface area contributed by atoms with Crippen LogP contribution in [0.5, 0.6) is 0 Å². The van der Waals surface area contributed by atoms with E-state index in [9.17, 15) is 14.4 Å². The van der Waals surface area contributed by atoms with Crippen LogP contribution in [0.25, 0.3) is 0 Å². The van der Waals surface area contributed by atoms with E-state index in [2.05, 4.69) is 15.6 Å². The molecule has 0 unspecified atom stereocenters. The third-order valence-electron chi connectivity index (χ3n) is 5.17. The summed E-state index contributed by atoms with van der Waals surface area (Å²) in [6.07, 6.45) is 5.25. The summed E-state index contributed by atoms with van der Waals surface area (Å²) in [6.45, 7) is 4.08. The molecule has 31 heavy (non-hydrogen) atoms. The third-order valence-corrected chi connectivity index (χ3v) is 5.17. The van der Waals surface area contributed by atoms with Crippen molar-refractivity contribution in [2.75, 3.05) is 5.32 Å². The SMILES string of the molecule is CC1(C)NC(=O)N(Cc2ccc(NC(=O)c3ccccc3Cn3ccnc3)cc2)C1=O. The van der Waals surface area contributed by atoms with Gasteiger partial charge in [-0.3, -0.25) is 14.5 Å². The highest BCUT2D eigenvalue weighted by Crippen LogP contribution is 2.21. The predicted octanol–water partition coefficient (Wildman–Crippen LogP) is 3.01. The predicted molar refractivity (Wildman–Crippen MR) is 115 cm³/mol. The number of nitrogens with one attached hydrogen (secondary N) is 2. The molecule has 4 rings (SSSR count). The Balaban J connectivity index is 1.44. The molecule has 0 aliphatic carbocycles. The van der Waals surface area contributed by atoms with Crippen LogP contribution in [0.1, 0.15) is 35.3 Å². The summed E-state index contributed by atoms with van der Waals surface area (Å²) in [4.78, 5) is 42.5. The molecular formula is C23H23N5O3. The van der Waals surface area contributed by atoms with Crippen LogP contribution in [0.3, 0.4) is 0 Å². The second-order valence-corrected chi connectivity index (χ2v) is 7.99. The van der Waals surface area contributed by atoms with Crippen molar-refractivity contribution in [1.82, 2.24) is 19.8 Å². The first-order valence-electron chi connectivity index (χ1n) is 9.91. The van der Waals surface area contributed by atoms with Gasteiger partial charge >= 0.3 is 6.03 Å². The fourth-order valence-corrected chi connectivity index (χ4v) is 3.49. The number of carbonyl (C=O) groups is 3. The molecule has 158 valence electrons. The molecule has 0 bridgehead atoms. The first kappa shape index (κ1) is 20.3. The number of imide groups is 1. The van der Waals surface area contributed by atoms with Crippen LogP contribution in [-0.4, -0.2) is 37.8 Å². The summed E-state index contributed by atoms with van der Waals surface area (Å²) in [5.74, 6) is -0.469. The maximum absolute atomic E-state index is 12.8. The monoisotopic (exact) mass is 417 g/mol. The number of hydrogen-bond acceptors (Lipinski definition) is 4. The minimum absolute atomic E-state index is 0.177. The van der Waals surface area contributed by atoms with E-state index in [4.69, 9.17) is 0 Å². The molecule has 0 spiro atoms. The van der Waals surface area contributed by atoms with Crippen molar-refractivity contribution in [1.29, 1.82) is 0 Å². The van der Waals surface area contributed by atoms with Crippen molar-refractivity contribution < 1.29 is 14.4 Å². The van der Waals surface area contributed by atoms with Gasteiger partial charge in [0.2, 0.25) is 0 Å². The zero-order valence-corrected chi connectivity index (χ0v) is 17.3. The Labute approximate surface area is 179 Å². The number of nitrogens with zero attached hydrogens (tertiary/aromatic N) is 3. The Bertz CT molecular complexity index is 1120. The Morgan fingerprint density at radius 2 is 1.81 bits per heavy atom. The summed E-state index contributed by atoms with van der Waals surface area (Å²) in [5.41, 5.74) is 2.00. The summed E-state index contributed by atoms with van der Waals surface area (Å²) < 4.78 is 1.90. The van der Waals surface area contributed by atoms with Gasteiger partial charge in [-0.2, -0.15) is 0 Å². The lowest BCUT2D eigenvalue weighted by molar-refractivity contribution is -0.130. The molecule has 2 aromatic carbocycles. The van der Waals surface area contributed by atoms with E-state index in [1.807, 2.05) is 29.0 Å². The van der Waals surface area contributed by atoms with Crippen LogP contribution < -0.4 is 10.6 Å². The fourth-order valence-electron chi connectivity index (χ4n) is 3.49. The molecule has 1 fully saturated rings. The van der Waals surface area contributed by atoms with Crippen LogP contribution >= 0.6 is 0 Å². The van der Waals surface area contributed by atoms with E-state index in [0.29, 0.717) is 17.8 Å². The van der Waals surface area contributed by atoms with Crippen molar-refractivity contribution in [3.63, 3.8) is 0 Å². The Hall–Kier alpha value is -3.94. The maximum Gasteiger partial charge on any atom is 0.325 e. The lowest BCUT2D eigenvalue weighted by atomic mass is 10.1. The van der Waals surface area contributed by atoms with Crippen molar-refractivity contribution in [3.05, 3.63) is 83.9 Å². The van der Waals surface area contributed by atoms with Gasteiger partial charge < -0.3 is 15.2 Å². The van der Waals surface area contributed by atoms with E-state index in [0.717, 1.165) is 11.1 Å². The molecule has 1 saturated heterocycles. The largest absolute Gasteiger partial charge is 0.333 e. The molecule has 3 aromatic rings. The highest BCUT2D eigenvalue weighted by molar-refractivity contribution is 6.06. The summed E-state index contributed by atoms with van der Waals surface area (Å²) in [6, 6.07) is 14.1. The maximum atomic E-state index is 12.8.